The van der Waals surface area contributed by atoms with E-state index in [4.69, 9.17) is 9.47 Å². The molecule has 128 valence electrons. The average Bonchev–Trinajstić information content (AvgIpc) is 3.05. The second kappa shape index (κ2) is 10.4. The Morgan fingerprint density at radius 3 is 2.96 bits per heavy atom. The molecular formula is C18H28N2O3. The third-order valence-electron chi connectivity index (χ3n) is 3.87. The van der Waals surface area contributed by atoms with E-state index in [9.17, 15) is 4.79 Å². The van der Waals surface area contributed by atoms with Crippen LogP contribution < -0.4 is 5.32 Å². The van der Waals surface area contributed by atoms with Crippen molar-refractivity contribution < 1.29 is 14.3 Å². The van der Waals surface area contributed by atoms with Crippen molar-refractivity contribution in [2.24, 2.45) is 5.92 Å². The number of nitrogens with zero attached hydrogens (tertiary/aromatic N) is 1. The molecule has 1 aliphatic rings. The van der Waals surface area contributed by atoms with Crippen LogP contribution in [-0.2, 0) is 20.8 Å². The fourth-order valence-electron chi connectivity index (χ4n) is 2.62. The average molecular weight is 320 g/mol. The van der Waals surface area contributed by atoms with Gasteiger partial charge in [0, 0.05) is 32.2 Å². The highest BCUT2D eigenvalue weighted by molar-refractivity contribution is 5.77. The minimum absolute atomic E-state index is 0.0626. The van der Waals surface area contributed by atoms with E-state index in [1.165, 1.54) is 5.56 Å². The van der Waals surface area contributed by atoms with Crippen molar-refractivity contribution in [2.45, 2.75) is 19.4 Å². The number of nitrogens with one attached hydrogen (secondary N) is 1. The lowest BCUT2D eigenvalue weighted by Crippen LogP contribution is -2.35. The summed E-state index contributed by atoms with van der Waals surface area (Å²) in [5.41, 5.74) is 1.21. The van der Waals surface area contributed by atoms with Gasteiger partial charge in [0.1, 0.15) is 0 Å². The van der Waals surface area contributed by atoms with Crippen molar-refractivity contribution in [1.82, 2.24) is 10.2 Å². The molecule has 0 aliphatic carbocycles. The van der Waals surface area contributed by atoms with Crippen molar-refractivity contribution in [2.75, 3.05) is 46.6 Å². The lowest BCUT2D eigenvalue weighted by Gasteiger charge is -2.16. The van der Waals surface area contributed by atoms with Crippen LogP contribution in [0.5, 0.6) is 0 Å². The summed E-state index contributed by atoms with van der Waals surface area (Å²) in [7, 11) is 1.96. The maximum Gasteiger partial charge on any atom is 0.234 e. The van der Waals surface area contributed by atoms with Gasteiger partial charge in [-0.25, -0.2) is 0 Å². The minimum Gasteiger partial charge on any atom is -0.381 e. The summed E-state index contributed by atoms with van der Waals surface area (Å²) in [5.74, 6) is 0.615. The first-order valence-electron chi connectivity index (χ1n) is 8.38. The summed E-state index contributed by atoms with van der Waals surface area (Å²) in [6.07, 6.45) is 1.95. The highest BCUT2D eigenvalue weighted by Crippen LogP contribution is 2.12. The van der Waals surface area contributed by atoms with Crippen LogP contribution in [0.1, 0.15) is 18.4 Å². The number of hydrogen-bond donors (Lipinski definition) is 1. The molecule has 0 aromatic heterocycles. The van der Waals surface area contributed by atoms with E-state index in [0.29, 0.717) is 25.6 Å². The van der Waals surface area contributed by atoms with Crippen LogP contribution in [-0.4, -0.2) is 57.4 Å². The number of carbonyl (C=O) groups excluding carboxylic acids is 1. The fraction of sp³-hybridized carbons (Fsp3) is 0.611. The van der Waals surface area contributed by atoms with Crippen LogP contribution in [0.3, 0.4) is 0 Å². The summed E-state index contributed by atoms with van der Waals surface area (Å²) in [5, 5.41) is 2.94. The SMILES string of the molecule is CN(CC(=O)NCCCOCC1CCOC1)Cc1ccccc1. The fourth-order valence-corrected chi connectivity index (χ4v) is 2.62. The smallest absolute Gasteiger partial charge is 0.234 e. The molecule has 1 N–H and O–H groups in total. The third-order valence-corrected chi connectivity index (χ3v) is 3.87. The number of amides is 1. The molecule has 1 unspecified atom stereocenters. The van der Waals surface area contributed by atoms with Gasteiger partial charge in [-0.15, -0.1) is 0 Å². The molecule has 1 heterocycles. The Morgan fingerprint density at radius 1 is 1.39 bits per heavy atom. The van der Waals surface area contributed by atoms with Gasteiger partial charge >= 0.3 is 0 Å². The number of ether oxygens (including phenoxy) is 2. The van der Waals surface area contributed by atoms with Gasteiger partial charge in [0.15, 0.2) is 0 Å². The quantitative estimate of drug-likeness (QED) is 0.667. The van der Waals surface area contributed by atoms with Crippen LogP contribution in [0, 0.1) is 5.92 Å². The predicted octanol–water partition coefficient (Wildman–Crippen LogP) is 1.68. The molecule has 5 nitrogen and oxygen atoms in total. The molecule has 0 spiro atoms. The van der Waals surface area contributed by atoms with Crippen molar-refractivity contribution in [3.63, 3.8) is 0 Å². The molecule has 1 aromatic rings. The molecule has 1 aliphatic heterocycles. The lowest BCUT2D eigenvalue weighted by atomic mass is 10.1. The largest absolute Gasteiger partial charge is 0.381 e. The van der Waals surface area contributed by atoms with Crippen molar-refractivity contribution in [1.29, 1.82) is 0 Å². The van der Waals surface area contributed by atoms with Crippen LogP contribution in [0.2, 0.25) is 0 Å². The zero-order valence-electron chi connectivity index (χ0n) is 14.0. The first-order chi connectivity index (χ1) is 11.2. The molecule has 1 atom stereocenters. The molecule has 23 heavy (non-hydrogen) atoms. The Kier molecular flexibility index (Phi) is 8.07. The molecule has 1 amide bonds. The summed E-state index contributed by atoms with van der Waals surface area (Å²) in [4.78, 5) is 13.9. The third kappa shape index (κ3) is 7.59. The van der Waals surface area contributed by atoms with E-state index in [1.807, 2.05) is 30.1 Å². The molecule has 1 fully saturated rings. The van der Waals surface area contributed by atoms with E-state index in [2.05, 4.69) is 17.4 Å². The number of likely N-dealkylation sites (N-methyl/N-ethyl adjacent to an activating group) is 1. The predicted molar refractivity (Wildman–Crippen MR) is 90.1 cm³/mol. The van der Waals surface area contributed by atoms with Crippen molar-refractivity contribution in [3.8, 4) is 0 Å². The zero-order valence-corrected chi connectivity index (χ0v) is 14.0. The van der Waals surface area contributed by atoms with E-state index in [-0.39, 0.29) is 5.91 Å². The standard InChI is InChI=1S/C18H28N2O3/c1-20(12-16-6-3-2-4-7-16)13-18(21)19-9-5-10-22-14-17-8-11-23-15-17/h2-4,6-7,17H,5,8-15H2,1H3,(H,19,21). The summed E-state index contributed by atoms with van der Waals surface area (Å²) in [6.45, 7) is 5.00. The van der Waals surface area contributed by atoms with E-state index in [1.54, 1.807) is 0 Å². The lowest BCUT2D eigenvalue weighted by molar-refractivity contribution is -0.122. The van der Waals surface area contributed by atoms with Crippen LogP contribution in [0.25, 0.3) is 0 Å². The van der Waals surface area contributed by atoms with Crippen LogP contribution >= 0.6 is 0 Å². The molecule has 1 saturated heterocycles. The van der Waals surface area contributed by atoms with E-state index >= 15 is 0 Å². The Balaban J connectivity index is 1.47. The second-order valence-electron chi connectivity index (χ2n) is 6.17. The van der Waals surface area contributed by atoms with Gasteiger partial charge in [-0.2, -0.15) is 0 Å². The van der Waals surface area contributed by atoms with Gasteiger partial charge in [-0.3, -0.25) is 9.69 Å². The van der Waals surface area contributed by atoms with E-state index in [0.717, 1.165) is 39.2 Å². The topological polar surface area (TPSA) is 50.8 Å². The molecule has 2 rings (SSSR count). The number of carbonyl (C=O) groups is 1. The van der Waals surface area contributed by atoms with Gasteiger partial charge in [-0.1, -0.05) is 30.3 Å². The van der Waals surface area contributed by atoms with Gasteiger partial charge in [0.2, 0.25) is 5.91 Å². The molecular weight excluding hydrogens is 292 g/mol. The number of rotatable bonds is 10. The number of hydrogen-bond acceptors (Lipinski definition) is 4. The van der Waals surface area contributed by atoms with E-state index < -0.39 is 0 Å². The Bertz CT molecular complexity index is 447. The van der Waals surface area contributed by atoms with Crippen molar-refractivity contribution >= 4 is 5.91 Å². The highest BCUT2D eigenvalue weighted by Gasteiger charge is 2.15. The zero-order chi connectivity index (χ0) is 16.3. The second-order valence-corrected chi connectivity index (χ2v) is 6.17. The molecule has 0 saturated carbocycles. The Morgan fingerprint density at radius 2 is 2.22 bits per heavy atom. The van der Waals surface area contributed by atoms with Gasteiger partial charge < -0.3 is 14.8 Å². The van der Waals surface area contributed by atoms with Crippen molar-refractivity contribution in [3.05, 3.63) is 35.9 Å². The molecule has 1 aromatic carbocycles. The Hall–Kier alpha value is -1.43. The normalized spacial score (nSPS) is 17.6. The maximum atomic E-state index is 11.9. The molecule has 0 radical (unpaired) electrons. The monoisotopic (exact) mass is 320 g/mol. The summed E-state index contributed by atoms with van der Waals surface area (Å²) >= 11 is 0. The summed E-state index contributed by atoms with van der Waals surface area (Å²) < 4.78 is 10.9. The number of benzene rings is 1. The molecule has 0 bridgehead atoms. The molecule has 5 heteroatoms. The minimum atomic E-state index is 0.0626. The van der Waals surface area contributed by atoms with Gasteiger partial charge in [0.05, 0.1) is 19.8 Å². The Labute approximate surface area is 139 Å². The van der Waals surface area contributed by atoms with Gasteiger partial charge in [-0.05, 0) is 25.5 Å². The highest BCUT2D eigenvalue weighted by atomic mass is 16.5. The van der Waals surface area contributed by atoms with Gasteiger partial charge in [0.25, 0.3) is 0 Å². The first-order valence-corrected chi connectivity index (χ1v) is 8.38. The first kappa shape index (κ1) is 17.9. The maximum absolute atomic E-state index is 11.9. The van der Waals surface area contributed by atoms with Crippen LogP contribution in [0.4, 0.5) is 0 Å². The summed E-state index contributed by atoms with van der Waals surface area (Å²) in [6, 6.07) is 10.2. The van der Waals surface area contributed by atoms with Crippen LogP contribution in [0.15, 0.2) is 30.3 Å².